The molecule has 2 aromatic carbocycles. The van der Waals surface area contributed by atoms with E-state index in [9.17, 15) is 9.18 Å². The average molecular weight is 408 g/mol. The zero-order chi connectivity index (χ0) is 20.4. The van der Waals surface area contributed by atoms with E-state index in [1.54, 1.807) is 41.5 Å². The fraction of sp³-hybridized carbons (Fsp3) is 0.174. The van der Waals surface area contributed by atoms with Crippen molar-refractivity contribution < 1.29 is 13.9 Å². The molecule has 0 saturated carbocycles. The monoisotopic (exact) mass is 408 g/mol. The average Bonchev–Trinajstić information content (AvgIpc) is 3.32. The van der Waals surface area contributed by atoms with Gasteiger partial charge in [0.2, 0.25) is 0 Å². The number of aromatic nitrogens is 1. The Morgan fingerprint density at radius 2 is 1.86 bits per heavy atom. The van der Waals surface area contributed by atoms with Crippen LogP contribution in [0.4, 0.5) is 4.39 Å². The minimum absolute atomic E-state index is 0.130. The molecule has 0 N–H and O–H groups in total. The molecule has 2 aromatic heterocycles. The number of thiophene rings is 1. The van der Waals surface area contributed by atoms with Crippen LogP contribution in [0.1, 0.15) is 21.6 Å². The van der Waals surface area contributed by atoms with Crippen LogP contribution in [-0.4, -0.2) is 22.5 Å². The van der Waals surface area contributed by atoms with E-state index in [2.05, 4.69) is 0 Å². The standard InChI is InChI=1S/C23H21FN2O2S/c1-25-20-11-12-29-22(20)13-21(25)23(27)26(15-17-5-3-4-6-19(17)24)14-16-7-9-18(28-2)10-8-16/h3-13H,14-15H2,1-2H3. The van der Waals surface area contributed by atoms with Crippen molar-refractivity contribution in [2.75, 3.05) is 7.11 Å². The van der Waals surface area contributed by atoms with Gasteiger partial charge < -0.3 is 14.2 Å². The first-order valence-corrected chi connectivity index (χ1v) is 10.1. The Morgan fingerprint density at radius 3 is 2.55 bits per heavy atom. The maximum atomic E-state index is 14.3. The van der Waals surface area contributed by atoms with Crippen molar-refractivity contribution in [1.82, 2.24) is 9.47 Å². The second-order valence-electron chi connectivity index (χ2n) is 6.86. The molecule has 0 unspecified atom stereocenters. The van der Waals surface area contributed by atoms with Gasteiger partial charge in [0.25, 0.3) is 5.91 Å². The molecule has 4 rings (SSSR count). The smallest absolute Gasteiger partial charge is 0.271 e. The summed E-state index contributed by atoms with van der Waals surface area (Å²) in [6.45, 7) is 0.562. The summed E-state index contributed by atoms with van der Waals surface area (Å²) in [5.41, 5.74) is 3.06. The minimum Gasteiger partial charge on any atom is -0.497 e. The van der Waals surface area contributed by atoms with Gasteiger partial charge in [-0.25, -0.2) is 4.39 Å². The molecule has 29 heavy (non-hydrogen) atoms. The summed E-state index contributed by atoms with van der Waals surface area (Å²) in [5.74, 6) is 0.311. The fourth-order valence-electron chi connectivity index (χ4n) is 3.40. The molecule has 148 valence electrons. The molecule has 0 aliphatic heterocycles. The Labute approximate surface area is 172 Å². The van der Waals surface area contributed by atoms with Crippen LogP contribution in [0.5, 0.6) is 5.75 Å². The first kappa shape index (κ1) is 19.2. The first-order valence-electron chi connectivity index (χ1n) is 9.25. The zero-order valence-electron chi connectivity index (χ0n) is 16.3. The number of carbonyl (C=O) groups is 1. The first-order chi connectivity index (χ1) is 14.1. The minimum atomic E-state index is -0.312. The molecule has 0 atom stereocenters. The molecular formula is C23H21FN2O2S. The topological polar surface area (TPSA) is 34.5 Å². The Balaban J connectivity index is 1.67. The van der Waals surface area contributed by atoms with Gasteiger partial charge in [-0.3, -0.25) is 4.79 Å². The number of hydrogen-bond acceptors (Lipinski definition) is 3. The Morgan fingerprint density at radius 1 is 1.10 bits per heavy atom. The number of methoxy groups -OCH3 is 1. The van der Waals surface area contributed by atoms with Crippen LogP contribution in [0.3, 0.4) is 0 Å². The quantitative estimate of drug-likeness (QED) is 0.438. The summed E-state index contributed by atoms with van der Waals surface area (Å²) in [7, 11) is 3.50. The molecule has 0 saturated heterocycles. The van der Waals surface area contributed by atoms with Crippen molar-refractivity contribution in [2.45, 2.75) is 13.1 Å². The van der Waals surface area contributed by atoms with Crippen molar-refractivity contribution in [1.29, 1.82) is 0 Å². The number of nitrogens with zero attached hydrogens (tertiary/aromatic N) is 2. The van der Waals surface area contributed by atoms with E-state index in [-0.39, 0.29) is 18.3 Å². The highest BCUT2D eigenvalue weighted by atomic mass is 32.1. The van der Waals surface area contributed by atoms with Crippen molar-refractivity contribution in [3.63, 3.8) is 0 Å². The van der Waals surface area contributed by atoms with Gasteiger partial charge in [0.1, 0.15) is 17.3 Å². The van der Waals surface area contributed by atoms with E-state index in [0.29, 0.717) is 17.8 Å². The fourth-order valence-corrected chi connectivity index (χ4v) is 4.25. The zero-order valence-corrected chi connectivity index (χ0v) is 17.1. The van der Waals surface area contributed by atoms with Crippen molar-refractivity contribution in [3.8, 4) is 5.75 Å². The highest BCUT2D eigenvalue weighted by molar-refractivity contribution is 7.17. The predicted octanol–water partition coefficient (Wildman–Crippen LogP) is 5.23. The highest BCUT2D eigenvalue weighted by Gasteiger charge is 2.22. The number of aryl methyl sites for hydroxylation is 1. The molecule has 0 aliphatic rings. The van der Waals surface area contributed by atoms with E-state index in [0.717, 1.165) is 21.5 Å². The molecule has 0 bridgehead atoms. The molecule has 0 fully saturated rings. The summed E-state index contributed by atoms with van der Waals surface area (Å²) in [4.78, 5) is 15.1. The van der Waals surface area contributed by atoms with Crippen LogP contribution in [0.15, 0.2) is 66.0 Å². The number of rotatable bonds is 6. The number of hydrogen-bond donors (Lipinski definition) is 0. The molecule has 4 aromatic rings. The predicted molar refractivity (Wildman–Crippen MR) is 114 cm³/mol. The van der Waals surface area contributed by atoms with E-state index >= 15 is 0 Å². The molecule has 0 aliphatic carbocycles. The largest absolute Gasteiger partial charge is 0.497 e. The highest BCUT2D eigenvalue weighted by Crippen LogP contribution is 2.26. The van der Waals surface area contributed by atoms with Crippen LogP contribution < -0.4 is 4.74 Å². The van der Waals surface area contributed by atoms with Crippen LogP contribution in [0.25, 0.3) is 10.2 Å². The van der Waals surface area contributed by atoms with Crippen molar-refractivity contribution >= 4 is 27.5 Å². The lowest BCUT2D eigenvalue weighted by Crippen LogP contribution is -2.31. The molecule has 6 heteroatoms. The van der Waals surface area contributed by atoms with Crippen molar-refractivity contribution in [3.05, 3.63) is 88.7 Å². The van der Waals surface area contributed by atoms with Gasteiger partial charge in [-0.15, -0.1) is 11.3 Å². The molecule has 1 amide bonds. The molecular weight excluding hydrogens is 387 g/mol. The van der Waals surface area contributed by atoms with Gasteiger partial charge in [0, 0.05) is 25.7 Å². The maximum Gasteiger partial charge on any atom is 0.271 e. The van der Waals surface area contributed by atoms with Crippen LogP contribution in [0, 0.1) is 5.82 Å². The van der Waals surface area contributed by atoms with E-state index in [1.807, 2.05) is 53.4 Å². The lowest BCUT2D eigenvalue weighted by molar-refractivity contribution is 0.0719. The SMILES string of the molecule is COc1ccc(CN(Cc2ccccc2F)C(=O)c2cc3sccc3n2C)cc1. The van der Waals surface area contributed by atoms with Crippen LogP contribution in [0.2, 0.25) is 0 Å². The normalized spacial score (nSPS) is 11.0. The number of benzene rings is 2. The summed E-state index contributed by atoms with van der Waals surface area (Å²) in [6.07, 6.45) is 0. The summed E-state index contributed by atoms with van der Waals surface area (Å²) < 4.78 is 22.5. The van der Waals surface area contributed by atoms with Gasteiger partial charge in [-0.1, -0.05) is 30.3 Å². The Kier molecular flexibility index (Phi) is 5.36. The lowest BCUT2D eigenvalue weighted by atomic mass is 10.1. The van der Waals surface area contributed by atoms with E-state index < -0.39 is 0 Å². The number of amides is 1. The molecule has 2 heterocycles. The van der Waals surface area contributed by atoms with Gasteiger partial charge in [-0.2, -0.15) is 0 Å². The third kappa shape index (κ3) is 3.89. The summed E-state index contributed by atoms with van der Waals surface area (Å²) in [5, 5.41) is 2.01. The third-order valence-corrected chi connectivity index (χ3v) is 5.87. The number of carbonyl (C=O) groups excluding carboxylic acids is 1. The van der Waals surface area contributed by atoms with E-state index in [4.69, 9.17) is 4.74 Å². The van der Waals surface area contributed by atoms with Gasteiger partial charge in [0.05, 0.1) is 17.3 Å². The molecule has 4 nitrogen and oxygen atoms in total. The molecule has 0 radical (unpaired) electrons. The van der Waals surface area contributed by atoms with Gasteiger partial charge in [-0.05, 0) is 41.3 Å². The van der Waals surface area contributed by atoms with E-state index in [1.165, 1.54) is 6.07 Å². The molecule has 0 spiro atoms. The van der Waals surface area contributed by atoms with Crippen LogP contribution in [-0.2, 0) is 20.1 Å². The second-order valence-corrected chi connectivity index (χ2v) is 7.81. The van der Waals surface area contributed by atoms with Crippen LogP contribution >= 0.6 is 11.3 Å². The third-order valence-electron chi connectivity index (χ3n) is 5.02. The number of fused-ring (bicyclic) bond motifs is 1. The summed E-state index contributed by atoms with van der Waals surface area (Å²) >= 11 is 1.60. The van der Waals surface area contributed by atoms with Crippen molar-refractivity contribution in [2.24, 2.45) is 7.05 Å². The van der Waals surface area contributed by atoms with Gasteiger partial charge >= 0.3 is 0 Å². The maximum absolute atomic E-state index is 14.3. The number of halogens is 1. The lowest BCUT2D eigenvalue weighted by Gasteiger charge is -2.24. The second kappa shape index (κ2) is 8.09. The Hall–Kier alpha value is -3.12. The Bertz CT molecular complexity index is 1150. The number of ether oxygens (including phenoxy) is 1. The summed E-state index contributed by atoms with van der Waals surface area (Å²) in [6, 6.07) is 18.0. The van der Waals surface area contributed by atoms with Gasteiger partial charge in [0.15, 0.2) is 0 Å².